The number of alkyl halides is 3. The van der Waals surface area contributed by atoms with Gasteiger partial charge in [0.15, 0.2) is 0 Å². The van der Waals surface area contributed by atoms with Crippen molar-refractivity contribution in [3.05, 3.63) is 23.8 Å². The van der Waals surface area contributed by atoms with E-state index in [1.807, 2.05) is 0 Å². The Balaban J connectivity index is 2.93. The van der Waals surface area contributed by atoms with Crippen molar-refractivity contribution in [1.29, 1.82) is 0 Å². The average Bonchev–Trinajstić information content (AvgIpc) is 2.28. The van der Waals surface area contributed by atoms with Crippen molar-refractivity contribution in [2.45, 2.75) is 32.4 Å². The monoisotopic (exact) mass is 260 g/mol. The van der Waals surface area contributed by atoms with E-state index in [2.05, 4.69) is 6.92 Å². The fourth-order valence-electron chi connectivity index (χ4n) is 1.83. The molecule has 0 heterocycles. The average molecular weight is 260 g/mol. The van der Waals surface area contributed by atoms with Gasteiger partial charge in [-0.3, -0.25) is 0 Å². The predicted molar refractivity (Wildman–Crippen MR) is 68.7 cm³/mol. The summed E-state index contributed by atoms with van der Waals surface area (Å²) in [6, 6.07) is 3.93. The van der Waals surface area contributed by atoms with Crippen molar-refractivity contribution in [2.75, 3.05) is 24.2 Å². The van der Waals surface area contributed by atoms with Gasteiger partial charge in [-0.2, -0.15) is 13.2 Å². The van der Waals surface area contributed by atoms with Crippen molar-refractivity contribution < 1.29 is 13.2 Å². The van der Waals surface area contributed by atoms with Gasteiger partial charge in [-0.05, 0) is 24.6 Å². The van der Waals surface area contributed by atoms with Crippen LogP contribution in [-0.4, -0.2) is 13.6 Å². The Morgan fingerprint density at radius 1 is 1.22 bits per heavy atom. The standard InChI is InChI=1S/C13H19F3N2/c1-3-4-5-8-18(2)12-7-6-10(17)9-11(12)13(14,15)16/h6-7,9H,3-5,8,17H2,1-2H3. The van der Waals surface area contributed by atoms with Crippen molar-refractivity contribution >= 4 is 11.4 Å². The molecule has 1 aromatic carbocycles. The Bertz CT molecular complexity index is 388. The normalized spacial score (nSPS) is 11.6. The highest BCUT2D eigenvalue weighted by molar-refractivity contribution is 5.60. The zero-order chi connectivity index (χ0) is 13.8. The second-order valence-corrected chi connectivity index (χ2v) is 4.40. The van der Waals surface area contributed by atoms with E-state index in [1.54, 1.807) is 11.9 Å². The Kier molecular flexibility index (Phi) is 4.87. The number of hydrogen-bond acceptors (Lipinski definition) is 2. The molecule has 0 fully saturated rings. The molecule has 1 aromatic rings. The van der Waals surface area contributed by atoms with E-state index < -0.39 is 11.7 Å². The van der Waals surface area contributed by atoms with Crippen LogP contribution in [0.15, 0.2) is 18.2 Å². The van der Waals surface area contributed by atoms with E-state index in [1.165, 1.54) is 12.1 Å². The highest BCUT2D eigenvalue weighted by atomic mass is 19.4. The molecule has 0 amide bonds. The molecular formula is C13H19F3N2. The molecule has 0 saturated carbocycles. The molecule has 2 N–H and O–H groups in total. The van der Waals surface area contributed by atoms with E-state index in [-0.39, 0.29) is 11.4 Å². The van der Waals surface area contributed by atoms with Gasteiger partial charge in [0, 0.05) is 25.0 Å². The maximum Gasteiger partial charge on any atom is 0.418 e. The molecule has 2 nitrogen and oxygen atoms in total. The van der Waals surface area contributed by atoms with Gasteiger partial charge in [0.2, 0.25) is 0 Å². The minimum atomic E-state index is -4.37. The molecule has 0 aromatic heterocycles. The molecule has 0 radical (unpaired) electrons. The van der Waals surface area contributed by atoms with E-state index in [4.69, 9.17) is 5.73 Å². The smallest absolute Gasteiger partial charge is 0.399 e. The van der Waals surface area contributed by atoms with E-state index >= 15 is 0 Å². The fraction of sp³-hybridized carbons (Fsp3) is 0.538. The van der Waals surface area contributed by atoms with Crippen molar-refractivity contribution in [2.24, 2.45) is 0 Å². The zero-order valence-electron chi connectivity index (χ0n) is 10.7. The molecule has 0 aliphatic rings. The first kappa shape index (κ1) is 14.7. The van der Waals surface area contributed by atoms with E-state index in [0.717, 1.165) is 25.3 Å². The lowest BCUT2D eigenvalue weighted by Gasteiger charge is -2.23. The van der Waals surface area contributed by atoms with Crippen molar-refractivity contribution in [3.63, 3.8) is 0 Å². The van der Waals surface area contributed by atoms with Gasteiger partial charge in [-0.1, -0.05) is 19.8 Å². The number of unbranched alkanes of at least 4 members (excludes halogenated alkanes) is 2. The third kappa shape index (κ3) is 3.82. The largest absolute Gasteiger partial charge is 0.418 e. The molecule has 5 heteroatoms. The van der Waals surface area contributed by atoms with Gasteiger partial charge in [-0.15, -0.1) is 0 Å². The summed E-state index contributed by atoms with van der Waals surface area (Å²) in [6.45, 7) is 2.67. The molecular weight excluding hydrogens is 241 g/mol. The van der Waals surface area contributed by atoms with Gasteiger partial charge in [0.25, 0.3) is 0 Å². The van der Waals surface area contributed by atoms with E-state index in [0.29, 0.717) is 6.54 Å². The molecule has 102 valence electrons. The first-order valence-corrected chi connectivity index (χ1v) is 6.04. The van der Waals surface area contributed by atoms with E-state index in [9.17, 15) is 13.2 Å². The molecule has 0 atom stereocenters. The molecule has 1 rings (SSSR count). The minimum absolute atomic E-state index is 0.132. The van der Waals surface area contributed by atoms with Crippen LogP contribution in [0, 0.1) is 0 Å². The molecule has 0 unspecified atom stereocenters. The summed E-state index contributed by atoms with van der Waals surface area (Å²) in [4.78, 5) is 1.64. The molecule has 0 aliphatic carbocycles. The van der Waals surface area contributed by atoms with Crippen LogP contribution in [0.2, 0.25) is 0 Å². The predicted octanol–water partition coefficient (Wildman–Crippen LogP) is 3.91. The fourth-order valence-corrected chi connectivity index (χ4v) is 1.83. The van der Waals surface area contributed by atoms with Crippen LogP contribution in [0.1, 0.15) is 31.7 Å². The molecule has 0 bridgehead atoms. The topological polar surface area (TPSA) is 29.3 Å². The molecule has 18 heavy (non-hydrogen) atoms. The van der Waals surface area contributed by atoms with Crippen LogP contribution < -0.4 is 10.6 Å². The zero-order valence-corrected chi connectivity index (χ0v) is 10.7. The SMILES string of the molecule is CCCCCN(C)c1ccc(N)cc1C(F)(F)F. The van der Waals surface area contributed by atoms with Crippen molar-refractivity contribution in [1.82, 2.24) is 0 Å². The Hall–Kier alpha value is -1.39. The van der Waals surface area contributed by atoms with Crippen LogP contribution in [0.3, 0.4) is 0 Å². The van der Waals surface area contributed by atoms with Crippen molar-refractivity contribution in [3.8, 4) is 0 Å². The first-order valence-electron chi connectivity index (χ1n) is 6.04. The summed E-state index contributed by atoms with van der Waals surface area (Å²) >= 11 is 0. The summed E-state index contributed by atoms with van der Waals surface area (Å²) in [5, 5.41) is 0. The minimum Gasteiger partial charge on any atom is -0.399 e. The summed E-state index contributed by atoms with van der Waals surface area (Å²) in [5.41, 5.74) is 5.08. The van der Waals surface area contributed by atoms with Gasteiger partial charge in [-0.25, -0.2) is 0 Å². The second kappa shape index (κ2) is 5.98. The molecule has 0 aliphatic heterocycles. The first-order chi connectivity index (χ1) is 8.36. The number of hydrogen-bond donors (Lipinski definition) is 1. The summed E-state index contributed by atoms with van der Waals surface area (Å²) in [6.07, 6.45) is -1.43. The maximum absolute atomic E-state index is 12.9. The third-order valence-corrected chi connectivity index (χ3v) is 2.83. The molecule has 0 saturated heterocycles. The number of halogens is 3. The summed E-state index contributed by atoms with van der Waals surface area (Å²) < 4.78 is 38.7. The number of nitrogens with two attached hydrogens (primary N) is 1. The Labute approximate surface area is 106 Å². The summed E-state index contributed by atoms with van der Waals surface area (Å²) in [7, 11) is 1.68. The van der Waals surface area contributed by atoms with Gasteiger partial charge >= 0.3 is 6.18 Å². The van der Waals surface area contributed by atoms with Gasteiger partial charge < -0.3 is 10.6 Å². The summed E-state index contributed by atoms with van der Waals surface area (Å²) in [5.74, 6) is 0. The molecule has 0 spiro atoms. The van der Waals surface area contributed by atoms with Crippen LogP contribution >= 0.6 is 0 Å². The lowest BCUT2D eigenvalue weighted by atomic mass is 10.1. The van der Waals surface area contributed by atoms with Gasteiger partial charge in [0.1, 0.15) is 0 Å². The third-order valence-electron chi connectivity index (χ3n) is 2.83. The number of rotatable bonds is 5. The quantitative estimate of drug-likeness (QED) is 0.642. The maximum atomic E-state index is 12.9. The number of nitrogen functional groups attached to an aromatic ring is 1. The van der Waals surface area contributed by atoms with Crippen LogP contribution in [0.4, 0.5) is 24.5 Å². The number of anilines is 2. The number of nitrogens with zero attached hydrogens (tertiary/aromatic N) is 1. The van der Waals surface area contributed by atoms with Crippen LogP contribution in [0.25, 0.3) is 0 Å². The number of benzene rings is 1. The highest BCUT2D eigenvalue weighted by Crippen LogP contribution is 2.37. The highest BCUT2D eigenvalue weighted by Gasteiger charge is 2.34. The Morgan fingerprint density at radius 3 is 2.44 bits per heavy atom. The van der Waals surface area contributed by atoms with Gasteiger partial charge in [0.05, 0.1) is 5.56 Å². The lowest BCUT2D eigenvalue weighted by Crippen LogP contribution is -2.22. The van der Waals surface area contributed by atoms with Crippen LogP contribution in [0.5, 0.6) is 0 Å². The van der Waals surface area contributed by atoms with Crippen LogP contribution in [-0.2, 0) is 6.18 Å². The second-order valence-electron chi connectivity index (χ2n) is 4.40. The Morgan fingerprint density at radius 2 is 1.89 bits per heavy atom. The lowest BCUT2D eigenvalue weighted by molar-refractivity contribution is -0.137.